The van der Waals surface area contributed by atoms with Crippen LogP contribution < -0.4 is 11.1 Å². The van der Waals surface area contributed by atoms with Crippen LogP contribution in [-0.4, -0.2) is 37.0 Å². The van der Waals surface area contributed by atoms with E-state index >= 15 is 0 Å². The molecule has 0 spiro atoms. The van der Waals surface area contributed by atoms with E-state index < -0.39 is 0 Å². The van der Waals surface area contributed by atoms with Crippen LogP contribution in [0.5, 0.6) is 0 Å². The first-order valence-electron chi connectivity index (χ1n) is 7.05. The van der Waals surface area contributed by atoms with Gasteiger partial charge in [-0.1, -0.05) is 6.07 Å². The molecule has 0 bridgehead atoms. The molecule has 21 heavy (non-hydrogen) atoms. The minimum absolute atomic E-state index is 0. The summed E-state index contributed by atoms with van der Waals surface area (Å²) in [5, 5.41) is 5.16. The second-order valence-corrected chi connectivity index (χ2v) is 5.95. The SMILES string of the molecule is Cl.Cl.NCCCC(=O)NCC(c1cccs1)N1CCCC1. The number of nitrogens with one attached hydrogen (secondary N) is 1. The largest absolute Gasteiger partial charge is 0.354 e. The van der Waals surface area contributed by atoms with Gasteiger partial charge in [-0.05, 0) is 50.3 Å². The van der Waals surface area contributed by atoms with E-state index in [2.05, 4.69) is 27.7 Å². The van der Waals surface area contributed by atoms with Crippen molar-refractivity contribution in [2.45, 2.75) is 31.7 Å². The van der Waals surface area contributed by atoms with Gasteiger partial charge < -0.3 is 11.1 Å². The monoisotopic (exact) mass is 353 g/mol. The fraction of sp³-hybridized carbons (Fsp3) is 0.643. The maximum absolute atomic E-state index is 11.7. The van der Waals surface area contributed by atoms with E-state index in [1.165, 1.54) is 17.7 Å². The van der Waals surface area contributed by atoms with Crippen LogP contribution in [-0.2, 0) is 4.79 Å². The summed E-state index contributed by atoms with van der Waals surface area (Å²) in [7, 11) is 0. The van der Waals surface area contributed by atoms with Crippen molar-refractivity contribution in [3.05, 3.63) is 22.4 Å². The molecule has 2 rings (SSSR count). The van der Waals surface area contributed by atoms with Gasteiger partial charge in [-0.15, -0.1) is 36.2 Å². The zero-order valence-corrected chi connectivity index (χ0v) is 14.6. The number of nitrogens with two attached hydrogens (primary N) is 1. The number of halogens is 2. The van der Waals surface area contributed by atoms with E-state index in [-0.39, 0.29) is 30.7 Å². The molecule has 2 heterocycles. The van der Waals surface area contributed by atoms with Gasteiger partial charge in [-0.2, -0.15) is 0 Å². The van der Waals surface area contributed by atoms with Gasteiger partial charge in [-0.25, -0.2) is 0 Å². The third-order valence-electron chi connectivity index (χ3n) is 3.55. The van der Waals surface area contributed by atoms with Crippen LogP contribution in [0.3, 0.4) is 0 Å². The van der Waals surface area contributed by atoms with Gasteiger partial charge in [0.25, 0.3) is 0 Å². The van der Waals surface area contributed by atoms with Crippen LogP contribution in [0.25, 0.3) is 0 Å². The Morgan fingerprint density at radius 1 is 1.38 bits per heavy atom. The Morgan fingerprint density at radius 2 is 2.10 bits per heavy atom. The summed E-state index contributed by atoms with van der Waals surface area (Å²) in [5.41, 5.74) is 5.42. The molecule has 1 aromatic heterocycles. The van der Waals surface area contributed by atoms with Gasteiger partial charge >= 0.3 is 0 Å². The molecule has 1 unspecified atom stereocenters. The van der Waals surface area contributed by atoms with E-state index in [1.54, 1.807) is 11.3 Å². The summed E-state index contributed by atoms with van der Waals surface area (Å²) in [6, 6.07) is 4.59. The maximum atomic E-state index is 11.7. The molecule has 7 heteroatoms. The number of nitrogens with zero attached hydrogens (tertiary/aromatic N) is 1. The summed E-state index contributed by atoms with van der Waals surface area (Å²) in [4.78, 5) is 15.5. The average molecular weight is 354 g/mol. The van der Waals surface area contributed by atoms with Crippen molar-refractivity contribution >= 4 is 42.1 Å². The smallest absolute Gasteiger partial charge is 0.220 e. The highest BCUT2D eigenvalue weighted by Crippen LogP contribution is 2.27. The molecule has 0 aromatic carbocycles. The first-order chi connectivity index (χ1) is 9.31. The Morgan fingerprint density at radius 3 is 2.67 bits per heavy atom. The molecule has 1 fully saturated rings. The predicted molar refractivity (Wildman–Crippen MR) is 93.7 cm³/mol. The Bertz CT molecular complexity index is 384. The number of carbonyl (C=O) groups is 1. The maximum Gasteiger partial charge on any atom is 0.220 e. The number of carbonyl (C=O) groups excluding carboxylic acids is 1. The van der Waals surface area contributed by atoms with Gasteiger partial charge in [0.05, 0.1) is 6.04 Å². The van der Waals surface area contributed by atoms with Gasteiger partial charge in [0.1, 0.15) is 0 Å². The first-order valence-corrected chi connectivity index (χ1v) is 7.93. The molecule has 1 atom stereocenters. The van der Waals surface area contributed by atoms with Crippen molar-refractivity contribution in [3.8, 4) is 0 Å². The first kappa shape index (κ1) is 20.7. The average Bonchev–Trinajstić information content (AvgIpc) is 3.09. The Hall–Kier alpha value is -0.330. The molecule has 4 nitrogen and oxygen atoms in total. The lowest BCUT2D eigenvalue weighted by molar-refractivity contribution is -0.121. The van der Waals surface area contributed by atoms with Crippen LogP contribution in [0, 0.1) is 0 Å². The van der Waals surface area contributed by atoms with Crippen molar-refractivity contribution < 1.29 is 4.79 Å². The predicted octanol–water partition coefficient (Wildman–Crippen LogP) is 2.58. The lowest BCUT2D eigenvalue weighted by atomic mass is 10.2. The van der Waals surface area contributed by atoms with Crippen molar-refractivity contribution in [1.29, 1.82) is 0 Å². The summed E-state index contributed by atoms with van der Waals surface area (Å²) >= 11 is 1.77. The quantitative estimate of drug-likeness (QED) is 0.791. The van der Waals surface area contributed by atoms with Crippen LogP contribution >= 0.6 is 36.2 Å². The van der Waals surface area contributed by atoms with E-state index in [0.717, 1.165) is 19.5 Å². The van der Waals surface area contributed by atoms with Crippen molar-refractivity contribution in [3.63, 3.8) is 0 Å². The fourth-order valence-electron chi connectivity index (χ4n) is 2.51. The summed E-state index contributed by atoms with van der Waals surface area (Å²) in [5.74, 6) is 0.117. The van der Waals surface area contributed by atoms with E-state index in [9.17, 15) is 4.79 Å². The van der Waals surface area contributed by atoms with E-state index in [1.807, 2.05) is 0 Å². The third kappa shape index (κ3) is 6.53. The highest BCUT2D eigenvalue weighted by atomic mass is 35.5. The summed E-state index contributed by atoms with van der Waals surface area (Å²) in [6.07, 6.45) is 3.83. The number of likely N-dealkylation sites (tertiary alicyclic amines) is 1. The Kier molecular flexibility index (Phi) is 11.1. The Balaban J connectivity index is 0.00000200. The number of thiophene rings is 1. The molecule has 1 saturated heterocycles. The third-order valence-corrected chi connectivity index (χ3v) is 4.53. The molecule has 3 N–H and O–H groups in total. The second kappa shape index (κ2) is 11.3. The van der Waals surface area contributed by atoms with E-state index in [0.29, 0.717) is 25.6 Å². The molecule has 0 radical (unpaired) electrons. The van der Waals surface area contributed by atoms with E-state index in [4.69, 9.17) is 5.73 Å². The summed E-state index contributed by atoms with van der Waals surface area (Å²) < 4.78 is 0. The minimum atomic E-state index is 0. The van der Waals surface area contributed by atoms with Crippen LogP contribution in [0.2, 0.25) is 0 Å². The van der Waals surface area contributed by atoms with Gasteiger partial charge in [-0.3, -0.25) is 9.69 Å². The lowest BCUT2D eigenvalue weighted by Crippen LogP contribution is -2.36. The van der Waals surface area contributed by atoms with Gasteiger partial charge in [0.15, 0.2) is 0 Å². The number of rotatable bonds is 7. The van der Waals surface area contributed by atoms with Crippen LogP contribution in [0.15, 0.2) is 17.5 Å². The van der Waals surface area contributed by atoms with Gasteiger partial charge in [0, 0.05) is 17.8 Å². The number of amides is 1. The van der Waals surface area contributed by atoms with Crippen molar-refractivity contribution in [2.24, 2.45) is 5.73 Å². The highest BCUT2D eigenvalue weighted by Gasteiger charge is 2.24. The summed E-state index contributed by atoms with van der Waals surface area (Å²) in [6.45, 7) is 3.57. The molecule has 1 aromatic rings. The standard InChI is InChI=1S/C14H23N3OS.2ClH/c15-7-3-6-14(18)16-11-12(13-5-4-10-19-13)17-8-1-2-9-17;;/h4-5,10,12H,1-3,6-9,11,15H2,(H,16,18);2*1H. The lowest BCUT2D eigenvalue weighted by Gasteiger charge is -2.26. The topological polar surface area (TPSA) is 58.4 Å². The molecular weight excluding hydrogens is 329 g/mol. The molecule has 0 saturated carbocycles. The molecular formula is C14H25Cl2N3OS. The molecule has 122 valence electrons. The fourth-order valence-corrected chi connectivity index (χ4v) is 3.37. The molecule has 1 amide bonds. The van der Waals surface area contributed by atoms with Crippen LogP contribution in [0.1, 0.15) is 36.6 Å². The minimum Gasteiger partial charge on any atom is -0.354 e. The van der Waals surface area contributed by atoms with Crippen molar-refractivity contribution in [1.82, 2.24) is 10.2 Å². The number of hydrogen-bond donors (Lipinski definition) is 2. The van der Waals surface area contributed by atoms with Gasteiger partial charge in [0.2, 0.25) is 5.91 Å². The zero-order chi connectivity index (χ0) is 13.5. The molecule has 1 aliphatic heterocycles. The Labute approximate surface area is 143 Å². The van der Waals surface area contributed by atoms with Crippen LogP contribution in [0.4, 0.5) is 0 Å². The number of hydrogen-bond acceptors (Lipinski definition) is 4. The zero-order valence-electron chi connectivity index (χ0n) is 12.1. The normalized spacial score (nSPS) is 15.9. The molecule has 1 aliphatic rings. The highest BCUT2D eigenvalue weighted by molar-refractivity contribution is 7.10. The second-order valence-electron chi connectivity index (χ2n) is 4.97. The molecule has 0 aliphatic carbocycles. The van der Waals surface area contributed by atoms with Crippen molar-refractivity contribution in [2.75, 3.05) is 26.2 Å².